The minimum Gasteiger partial charge on any atom is -0.468 e. The zero-order valence-electron chi connectivity index (χ0n) is 49.4. The SMILES string of the molecule is Cc1cc2c3c(c1)N(c1ccc4c(c1)C(C)(C)CCC4(C)C)c1c(oc4cc5c(cc14)C(C)(C)CCC5(C)C)B3c1cc(C(C)(C)C)ccc1N2c1ccc(C(C)(C)C)cc1-c1cccc2c1C(C)(C)CCC2(C)C. The maximum Gasteiger partial charge on any atom is 0.297 e. The topological polar surface area (TPSA) is 19.6 Å². The molecule has 12 rings (SSSR count). The summed E-state index contributed by atoms with van der Waals surface area (Å²) < 4.78 is 7.75. The minimum absolute atomic E-state index is 0.00591. The summed E-state index contributed by atoms with van der Waals surface area (Å²) in [6.07, 6.45) is 6.98. The van der Waals surface area contributed by atoms with Crippen LogP contribution >= 0.6 is 0 Å². The molecule has 0 radical (unpaired) electrons. The first-order valence-electron chi connectivity index (χ1n) is 28.8. The Balaban J connectivity index is 1.21. The summed E-state index contributed by atoms with van der Waals surface area (Å²) in [4.78, 5) is 5.34. The molecule has 0 saturated carbocycles. The van der Waals surface area contributed by atoms with Gasteiger partial charge in [-0.1, -0.05) is 167 Å². The Hall–Kier alpha value is -5.48. The van der Waals surface area contributed by atoms with Gasteiger partial charge in [0, 0.05) is 33.7 Å². The van der Waals surface area contributed by atoms with Gasteiger partial charge in [0.25, 0.3) is 6.71 Å². The van der Waals surface area contributed by atoms with E-state index in [2.05, 4.69) is 238 Å². The molecular formula is C71H85BN2O. The van der Waals surface area contributed by atoms with Gasteiger partial charge < -0.3 is 14.2 Å². The van der Waals surface area contributed by atoms with Gasteiger partial charge in [-0.25, -0.2) is 0 Å². The Morgan fingerprint density at radius 2 is 0.973 bits per heavy atom. The molecule has 388 valence electrons. The first kappa shape index (κ1) is 50.3. The quantitative estimate of drug-likeness (QED) is 0.165. The molecule has 2 aliphatic heterocycles. The highest BCUT2D eigenvalue weighted by Gasteiger charge is 2.50. The number of nitrogens with zero attached hydrogens (tertiary/aromatic N) is 2. The van der Waals surface area contributed by atoms with Crippen LogP contribution in [-0.4, -0.2) is 6.71 Å². The van der Waals surface area contributed by atoms with E-state index in [1.165, 1.54) is 124 Å². The van der Waals surface area contributed by atoms with E-state index >= 15 is 0 Å². The van der Waals surface area contributed by atoms with Crippen LogP contribution in [0.4, 0.5) is 34.1 Å². The van der Waals surface area contributed by atoms with Crippen molar-refractivity contribution in [2.24, 2.45) is 0 Å². The summed E-state index contributed by atoms with van der Waals surface area (Å²) in [7, 11) is 0. The lowest BCUT2D eigenvalue weighted by Crippen LogP contribution is -2.61. The standard InChI is InChI=1S/C71H85BN2O/c1-42-35-57-61-58(36-42)74(55-27-23-43(64(2,3)4)37-47(55)46-21-20-22-50-60(46)71(18,19)34-33-67(50,10)11)56-28-24-44(65(5,6)7)38-54(56)72(61)63-62(48-40-52-53(41-59(48)75-63)70(16,17)32-31-69(52,14)15)73(57)45-25-26-49-51(39-45)68(12,13)30-29-66(49,8)9/h20-28,35-41H,29-34H2,1-19H3. The van der Waals surface area contributed by atoms with Crippen molar-refractivity contribution in [2.75, 3.05) is 9.80 Å². The zero-order chi connectivity index (χ0) is 53.7. The number of hydrogen-bond donors (Lipinski definition) is 0. The first-order chi connectivity index (χ1) is 34.8. The molecule has 5 aliphatic rings. The fourth-order valence-electron chi connectivity index (χ4n) is 14.8. The van der Waals surface area contributed by atoms with Crippen LogP contribution in [0.1, 0.15) is 213 Å². The summed E-state index contributed by atoms with van der Waals surface area (Å²) in [5.41, 5.74) is 27.6. The molecule has 0 saturated heterocycles. The minimum atomic E-state index is -0.143. The van der Waals surface area contributed by atoms with Crippen molar-refractivity contribution in [3.63, 3.8) is 0 Å². The van der Waals surface area contributed by atoms with Crippen molar-refractivity contribution in [3.8, 4) is 11.1 Å². The summed E-state index contributed by atoms with van der Waals surface area (Å²) in [5.74, 6) is 0. The van der Waals surface area contributed by atoms with Gasteiger partial charge in [-0.2, -0.15) is 0 Å². The molecule has 0 amide bonds. The molecule has 1 aromatic heterocycles. The molecule has 0 N–H and O–H groups in total. The Morgan fingerprint density at radius 3 is 1.59 bits per heavy atom. The van der Waals surface area contributed by atoms with Crippen LogP contribution in [0.2, 0.25) is 0 Å². The number of benzene rings is 6. The number of furan rings is 1. The van der Waals surface area contributed by atoms with Gasteiger partial charge in [-0.15, -0.1) is 0 Å². The van der Waals surface area contributed by atoms with Crippen molar-refractivity contribution >= 4 is 68.4 Å². The molecule has 3 nitrogen and oxygen atoms in total. The van der Waals surface area contributed by atoms with Crippen LogP contribution in [0.5, 0.6) is 0 Å². The van der Waals surface area contributed by atoms with E-state index in [1.54, 1.807) is 0 Å². The lowest BCUT2D eigenvalue weighted by atomic mass is 9.35. The monoisotopic (exact) mass is 993 g/mol. The zero-order valence-corrected chi connectivity index (χ0v) is 49.4. The van der Waals surface area contributed by atoms with Crippen LogP contribution in [-0.2, 0) is 43.3 Å². The molecule has 6 aromatic carbocycles. The third-order valence-electron chi connectivity index (χ3n) is 20.0. The van der Waals surface area contributed by atoms with E-state index in [9.17, 15) is 0 Å². The van der Waals surface area contributed by atoms with Gasteiger partial charge >= 0.3 is 0 Å². The number of rotatable bonds is 3. The predicted molar refractivity (Wildman–Crippen MR) is 324 cm³/mol. The highest BCUT2D eigenvalue weighted by molar-refractivity contribution is 7.00. The summed E-state index contributed by atoms with van der Waals surface area (Å²) in [6, 6.07) is 39.7. The van der Waals surface area contributed by atoms with E-state index in [0.717, 1.165) is 36.9 Å². The van der Waals surface area contributed by atoms with Gasteiger partial charge in [-0.05, 0) is 210 Å². The van der Waals surface area contributed by atoms with Crippen LogP contribution in [0.25, 0.3) is 22.1 Å². The average Bonchev–Trinajstić information content (AvgIpc) is 3.70. The Bertz CT molecular complexity index is 3560. The fraction of sp³-hybridized carbons (Fsp3) is 0.465. The largest absolute Gasteiger partial charge is 0.468 e. The van der Waals surface area contributed by atoms with Crippen LogP contribution in [0, 0.1) is 6.92 Å². The second kappa shape index (κ2) is 15.8. The predicted octanol–water partition coefficient (Wildman–Crippen LogP) is 18.1. The van der Waals surface area contributed by atoms with Gasteiger partial charge in [0.15, 0.2) is 0 Å². The van der Waals surface area contributed by atoms with Crippen LogP contribution in [0.3, 0.4) is 0 Å². The molecule has 4 heteroatoms. The molecule has 0 bridgehead atoms. The molecule has 0 fully saturated rings. The van der Waals surface area contributed by atoms with Gasteiger partial charge in [0.2, 0.25) is 0 Å². The average molecular weight is 993 g/mol. The van der Waals surface area contributed by atoms with Crippen LogP contribution < -0.4 is 26.4 Å². The first-order valence-corrected chi connectivity index (χ1v) is 28.8. The van der Waals surface area contributed by atoms with Gasteiger partial charge in [-0.3, -0.25) is 0 Å². The Labute approximate surface area is 452 Å². The highest BCUT2D eigenvalue weighted by atomic mass is 16.3. The third-order valence-corrected chi connectivity index (χ3v) is 20.0. The maximum atomic E-state index is 7.75. The van der Waals surface area contributed by atoms with E-state index in [4.69, 9.17) is 4.42 Å². The lowest BCUT2D eigenvalue weighted by Gasteiger charge is -2.45. The third kappa shape index (κ3) is 7.54. The number of hydrogen-bond acceptors (Lipinski definition) is 3. The van der Waals surface area contributed by atoms with Gasteiger partial charge in [0.1, 0.15) is 5.58 Å². The molecule has 75 heavy (non-hydrogen) atoms. The molecule has 7 aromatic rings. The maximum absolute atomic E-state index is 7.75. The van der Waals surface area contributed by atoms with E-state index in [1.807, 2.05) is 0 Å². The molecule has 0 unspecified atom stereocenters. The lowest BCUT2D eigenvalue weighted by molar-refractivity contribution is 0.332. The van der Waals surface area contributed by atoms with Crippen molar-refractivity contribution in [1.82, 2.24) is 0 Å². The van der Waals surface area contributed by atoms with E-state index in [0.29, 0.717) is 0 Å². The van der Waals surface area contributed by atoms with Gasteiger partial charge in [0.05, 0.1) is 17.0 Å². The smallest absolute Gasteiger partial charge is 0.297 e. The number of aryl methyl sites for hydroxylation is 1. The fourth-order valence-corrected chi connectivity index (χ4v) is 14.8. The van der Waals surface area contributed by atoms with Crippen molar-refractivity contribution < 1.29 is 4.42 Å². The Kier molecular flexibility index (Phi) is 10.6. The summed E-state index contributed by atoms with van der Waals surface area (Å²) >= 11 is 0. The summed E-state index contributed by atoms with van der Waals surface area (Å²) in [6.45, 7) is 45.9. The van der Waals surface area contributed by atoms with E-state index in [-0.39, 0.29) is 50.0 Å². The highest BCUT2D eigenvalue weighted by Crippen LogP contribution is 2.56. The van der Waals surface area contributed by atoms with Crippen molar-refractivity contribution in [2.45, 2.75) is 213 Å². The Morgan fingerprint density at radius 1 is 0.453 bits per heavy atom. The summed E-state index contributed by atoms with van der Waals surface area (Å²) in [5, 5.41) is 1.22. The van der Waals surface area contributed by atoms with E-state index < -0.39 is 0 Å². The molecule has 0 spiro atoms. The van der Waals surface area contributed by atoms with Crippen molar-refractivity contribution in [3.05, 3.63) is 147 Å². The molecule has 3 heterocycles. The molecular weight excluding hydrogens is 908 g/mol. The van der Waals surface area contributed by atoms with Crippen LogP contribution in [0.15, 0.2) is 101 Å². The van der Waals surface area contributed by atoms with Crippen molar-refractivity contribution in [1.29, 1.82) is 0 Å². The second-order valence-corrected chi connectivity index (χ2v) is 30.3. The molecule has 0 atom stereocenters. The number of anilines is 6. The normalized spacial score (nSPS) is 20.2. The number of fused-ring (bicyclic) bond motifs is 9. The molecule has 3 aliphatic carbocycles. The second-order valence-electron chi connectivity index (χ2n) is 30.3.